The standard InChI is InChI=1S/C25H24N2O2/c1-15(2)24(28)19-11-7-9-17-18-10-8-12-20(25(29)16(3)4)23(18)27(22(17)19)21-13-5-6-14-26-21/h5-16H,1-4H3. The summed E-state index contributed by atoms with van der Waals surface area (Å²) in [6.45, 7) is 7.62. The van der Waals surface area contributed by atoms with Crippen LogP contribution in [0.15, 0.2) is 60.8 Å². The fourth-order valence-electron chi connectivity index (χ4n) is 3.85. The van der Waals surface area contributed by atoms with E-state index in [4.69, 9.17) is 0 Å². The smallest absolute Gasteiger partial charge is 0.167 e. The van der Waals surface area contributed by atoms with Crippen molar-refractivity contribution in [1.29, 1.82) is 0 Å². The number of carbonyl (C=O) groups is 2. The Bertz CT molecular complexity index is 1160. The average Bonchev–Trinajstić information content (AvgIpc) is 3.08. The summed E-state index contributed by atoms with van der Waals surface area (Å²) in [6.07, 6.45) is 1.73. The van der Waals surface area contributed by atoms with Gasteiger partial charge in [0.15, 0.2) is 11.6 Å². The molecule has 29 heavy (non-hydrogen) atoms. The molecule has 0 aliphatic heterocycles. The second kappa shape index (κ2) is 7.28. The second-order valence-electron chi connectivity index (χ2n) is 7.96. The summed E-state index contributed by atoms with van der Waals surface area (Å²) in [5.41, 5.74) is 2.93. The van der Waals surface area contributed by atoms with Gasteiger partial charge in [-0.3, -0.25) is 14.2 Å². The number of benzene rings is 2. The number of hydrogen-bond donors (Lipinski definition) is 0. The maximum atomic E-state index is 13.0. The molecule has 2 aromatic carbocycles. The van der Waals surface area contributed by atoms with E-state index in [0.717, 1.165) is 21.8 Å². The van der Waals surface area contributed by atoms with Crippen molar-refractivity contribution in [3.05, 3.63) is 71.9 Å². The zero-order valence-corrected chi connectivity index (χ0v) is 17.1. The molecule has 0 aliphatic rings. The molecule has 2 aromatic heterocycles. The van der Waals surface area contributed by atoms with Gasteiger partial charge in [0.05, 0.1) is 11.0 Å². The minimum atomic E-state index is -0.132. The topological polar surface area (TPSA) is 52.0 Å². The van der Waals surface area contributed by atoms with Gasteiger partial charge in [-0.1, -0.05) is 58.0 Å². The predicted octanol–water partition coefficient (Wildman–Crippen LogP) is 5.86. The Morgan fingerprint density at radius 2 is 1.24 bits per heavy atom. The number of para-hydroxylation sites is 2. The molecule has 0 fully saturated rings. The summed E-state index contributed by atoms with van der Waals surface area (Å²) in [4.78, 5) is 30.6. The Balaban J connectivity index is 2.24. The van der Waals surface area contributed by atoms with Crippen LogP contribution in [0.4, 0.5) is 0 Å². The van der Waals surface area contributed by atoms with E-state index in [9.17, 15) is 9.59 Å². The molecule has 4 nitrogen and oxygen atoms in total. The molecule has 0 unspecified atom stereocenters. The van der Waals surface area contributed by atoms with Gasteiger partial charge in [0.25, 0.3) is 0 Å². The van der Waals surface area contributed by atoms with Crippen molar-refractivity contribution in [1.82, 2.24) is 9.55 Å². The van der Waals surface area contributed by atoms with Gasteiger partial charge in [-0.15, -0.1) is 0 Å². The minimum absolute atomic E-state index is 0.0762. The van der Waals surface area contributed by atoms with E-state index in [0.29, 0.717) is 16.9 Å². The Morgan fingerprint density at radius 1 is 0.724 bits per heavy atom. The van der Waals surface area contributed by atoms with Crippen LogP contribution in [0.2, 0.25) is 0 Å². The van der Waals surface area contributed by atoms with Crippen LogP contribution in [0.5, 0.6) is 0 Å². The maximum Gasteiger partial charge on any atom is 0.167 e. The number of hydrogen-bond acceptors (Lipinski definition) is 3. The highest BCUT2D eigenvalue weighted by Crippen LogP contribution is 2.36. The number of rotatable bonds is 5. The van der Waals surface area contributed by atoms with E-state index in [2.05, 4.69) is 4.98 Å². The Morgan fingerprint density at radius 3 is 1.66 bits per heavy atom. The molecule has 4 aromatic rings. The van der Waals surface area contributed by atoms with E-state index in [1.54, 1.807) is 6.20 Å². The summed E-state index contributed by atoms with van der Waals surface area (Å²) in [6, 6.07) is 17.3. The van der Waals surface area contributed by atoms with Crippen LogP contribution in [-0.4, -0.2) is 21.1 Å². The molecule has 4 rings (SSSR count). The number of Topliss-reactive ketones (excluding diaryl/α,β-unsaturated/α-hetero) is 2. The number of fused-ring (bicyclic) bond motifs is 3. The maximum absolute atomic E-state index is 13.0. The first kappa shape index (κ1) is 19.1. The number of carbonyl (C=O) groups excluding carboxylic acids is 2. The van der Waals surface area contributed by atoms with E-state index >= 15 is 0 Å². The van der Waals surface area contributed by atoms with Crippen molar-refractivity contribution >= 4 is 33.4 Å². The third kappa shape index (κ3) is 3.05. The van der Waals surface area contributed by atoms with Gasteiger partial charge in [0.2, 0.25) is 0 Å². The van der Waals surface area contributed by atoms with Crippen LogP contribution in [-0.2, 0) is 0 Å². The summed E-state index contributed by atoms with van der Waals surface area (Å²) >= 11 is 0. The molecule has 0 saturated heterocycles. The van der Waals surface area contributed by atoms with Crippen LogP contribution >= 0.6 is 0 Å². The third-order valence-electron chi connectivity index (χ3n) is 5.27. The van der Waals surface area contributed by atoms with Gasteiger partial charge in [0, 0.05) is 39.9 Å². The summed E-state index contributed by atoms with van der Waals surface area (Å²) in [5.74, 6) is 0.584. The number of ketones is 2. The first-order valence-electron chi connectivity index (χ1n) is 9.97. The first-order chi connectivity index (χ1) is 13.9. The number of aromatic nitrogens is 2. The lowest BCUT2D eigenvalue weighted by Gasteiger charge is -2.13. The first-order valence-corrected chi connectivity index (χ1v) is 9.97. The average molecular weight is 384 g/mol. The third-order valence-corrected chi connectivity index (χ3v) is 5.27. The second-order valence-corrected chi connectivity index (χ2v) is 7.96. The van der Waals surface area contributed by atoms with Crippen molar-refractivity contribution in [2.24, 2.45) is 11.8 Å². The Hall–Kier alpha value is -3.27. The number of pyridine rings is 1. The number of nitrogens with zero attached hydrogens (tertiary/aromatic N) is 2. The highest BCUT2D eigenvalue weighted by molar-refractivity contribution is 6.21. The molecule has 2 heterocycles. The predicted molar refractivity (Wildman–Crippen MR) is 117 cm³/mol. The highest BCUT2D eigenvalue weighted by Gasteiger charge is 2.24. The molecule has 0 saturated carbocycles. The van der Waals surface area contributed by atoms with Crippen molar-refractivity contribution < 1.29 is 9.59 Å². The normalized spacial score (nSPS) is 11.7. The fraction of sp³-hybridized carbons (Fsp3) is 0.240. The van der Waals surface area contributed by atoms with Gasteiger partial charge in [-0.05, 0) is 24.3 Å². The van der Waals surface area contributed by atoms with E-state index in [1.165, 1.54) is 0 Å². The Labute approximate surface area is 170 Å². The minimum Gasteiger partial charge on any atom is -0.294 e. The summed E-state index contributed by atoms with van der Waals surface area (Å²) < 4.78 is 1.98. The fourth-order valence-corrected chi connectivity index (χ4v) is 3.85. The van der Waals surface area contributed by atoms with E-state index in [1.807, 2.05) is 86.9 Å². The van der Waals surface area contributed by atoms with E-state index < -0.39 is 0 Å². The molecule has 0 amide bonds. The van der Waals surface area contributed by atoms with Gasteiger partial charge in [-0.2, -0.15) is 0 Å². The lowest BCUT2D eigenvalue weighted by Crippen LogP contribution is -2.12. The van der Waals surface area contributed by atoms with Crippen molar-refractivity contribution in [2.45, 2.75) is 27.7 Å². The van der Waals surface area contributed by atoms with Crippen LogP contribution in [0.25, 0.3) is 27.6 Å². The zero-order valence-electron chi connectivity index (χ0n) is 17.1. The summed E-state index contributed by atoms with van der Waals surface area (Å²) in [5, 5.41) is 1.91. The van der Waals surface area contributed by atoms with Gasteiger partial charge >= 0.3 is 0 Å². The van der Waals surface area contributed by atoms with Gasteiger partial charge in [-0.25, -0.2) is 4.98 Å². The van der Waals surface area contributed by atoms with Crippen LogP contribution < -0.4 is 0 Å². The largest absolute Gasteiger partial charge is 0.294 e. The molecule has 0 N–H and O–H groups in total. The monoisotopic (exact) mass is 384 g/mol. The van der Waals surface area contributed by atoms with E-state index in [-0.39, 0.29) is 23.4 Å². The van der Waals surface area contributed by atoms with Gasteiger partial charge in [0.1, 0.15) is 5.82 Å². The molecule has 4 heteroatoms. The summed E-state index contributed by atoms with van der Waals surface area (Å²) in [7, 11) is 0. The van der Waals surface area contributed by atoms with Crippen molar-refractivity contribution in [3.8, 4) is 5.82 Å². The highest BCUT2D eigenvalue weighted by atomic mass is 16.1. The lowest BCUT2D eigenvalue weighted by atomic mass is 9.97. The van der Waals surface area contributed by atoms with Crippen LogP contribution in [0.1, 0.15) is 48.4 Å². The van der Waals surface area contributed by atoms with Crippen LogP contribution in [0, 0.1) is 11.8 Å². The van der Waals surface area contributed by atoms with Crippen LogP contribution in [0.3, 0.4) is 0 Å². The zero-order chi connectivity index (χ0) is 20.7. The molecule has 0 atom stereocenters. The SMILES string of the molecule is CC(C)C(=O)c1cccc2c3cccc(C(=O)C(C)C)c3n(-c3ccccn3)c12. The van der Waals surface area contributed by atoms with Crippen molar-refractivity contribution in [3.63, 3.8) is 0 Å². The lowest BCUT2D eigenvalue weighted by molar-refractivity contribution is 0.0934. The molecule has 0 spiro atoms. The Kier molecular flexibility index (Phi) is 4.79. The molecule has 0 bridgehead atoms. The van der Waals surface area contributed by atoms with Gasteiger partial charge < -0.3 is 0 Å². The molecule has 0 radical (unpaired) electrons. The molecular formula is C25H24N2O2. The molecular weight excluding hydrogens is 360 g/mol. The molecule has 146 valence electrons. The van der Waals surface area contributed by atoms with Crippen molar-refractivity contribution in [2.75, 3.05) is 0 Å². The molecule has 0 aliphatic carbocycles. The quantitative estimate of drug-likeness (QED) is 0.405.